The van der Waals surface area contributed by atoms with Crippen LogP contribution in [0, 0.1) is 0 Å². The molecule has 0 bridgehead atoms. The summed E-state index contributed by atoms with van der Waals surface area (Å²) >= 11 is 11.0. The summed E-state index contributed by atoms with van der Waals surface area (Å²) in [5.41, 5.74) is 7.18. The molecule has 2 N–H and O–H groups in total. The van der Waals surface area contributed by atoms with E-state index in [2.05, 4.69) is 4.98 Å². The van der Waals surface area contributed by atoms with Gasteiger partial charge in [0.05, 0.1) is 16.4 Å². The van der Waals surface area contributed by atoms with Crippen molar-refractivity contribution in [2.75, 3.05) is 0 Å². The normalized spacial score (nSPS) is 10.2. The maximum atomic E-state index is 6.02. The van der Waals surface area contributed by atoms with Gasteiger partial charge in [0.1, 0.15) is 4.99 Å². The van der Waals surface area contributed by atoms with Gasteiger partial charge in [-0.3, -0.25) is 4.98 Å². The van der Waals surface area contributed by atoms with Crippen LogP contribution in [0.3, 0.4) is 0 Å². The van der Waals surface area contributed by atoms with Crippen molar-refractivity contribution in [3.05, 3.63) is 47.5 Å². The van der Waals surface area contributed by atoms with E-state index in [4.69, 9.17) is 29.6 Å². The third-order valence-electron chi connectivity index (χ3n) is 2.01. The molecule has 2 aromatic heterocycles. The Morgan fingerprint density at radius 2 is 2.27 bits per heavy atom. The van der Waals surface area contributed by atoms with E-state index < -0.39 is 0 Å². The summed E-state index contributed by atoms with van der Waals surface area (Å²) < 4.78 is 1.84. The zero-order valence-electron chi connectivity index (χ0n) is 7.72. The number of nitrogens with zero attached hydrogens (tertiary/aromatic N) is 2. The van der Waals surface area contributed by atoms with Crippen molar-refractivity contribution in [1.82, 2.24) is 9.55 Å². The monoisotopic (exact) mass is 237 g/mol. The molecule has 0 radical (unpaired) electrons. The zero-order chi connectivity index (χ0) is 10.8. The van der Waals surface area contributed by atoms with Crippen LogP contribution in [0.1, 0.15) is 5.69 Å². The van der Waals surface area contributed by atoms with Crippen LogP contribution in [0.15, 0.2) is 36.8 Å². The molecule has 0 aliphatic carbocycles. The van der Waals surface area contributed by atoms with E-state index in [1.165, 1.54) is 0 Å². The number of hydrogen-bond acceptors (Lipinski definition) is 2. The average Bonchev–Trinajstić information content (AvgIpc) is 2.67. The van der Waals surface area contributed by atoms with Crippen molar-refractivity contribution in [2.45, 2.75) is 0 Å². The summed E-state index contributed by atoms with van der Waals surface area (Å²) in [5.74, 6) is 0. The number of aromatic nitrogens is 2. The molecule has 3 nitrogen and oxygen atoms in total. The van der Waals surface area contributed by atoms with Crippen molar-refractivity contribution >= 4 is 28.8 Å². The standard InChI is InChI=1S/C10H8ClN3S/c11-7-6-13-4-3-8(7)14-5-1-2-9(14)10(12)15/h1-6H,(H2,12,15). The first kappa shape index (κ1) is 10.1. The highest BCUT2D eigenvalue weighted by Gasteiger charge is 2.08. The van der Waals surface area contributed by atoms with Gasteiger partial charge in [-0.15, -0.1) is 0 Å². The molecule has 0 saturated heterocycles. The first-order valence-electron chi connectivity index (χ1n) is 4.27. The second kappa shape index (κ2) is 4.00. The van der Waals surface area contributed by atoms with Gasteiger partial charge in [-0.2, -0.15) is 0 Å². The maximum Gasteiger partial charge on any atom is 0.121 e. The summed E-state index contributed by atoms with van der Waals surface area (Å²) in [4.78, 5) is 4.26. The first-order valence-corrected chi connectivity index (χ1v) is 5.06. The minimum Gasteiger partial charge on any atom is -0.388 e. The highest BCUT2D eigenvalue weighted by molar-refractivity contribution is 7.80. The molecular formula is C10H8ClN3S. The molecule has 15 heavy (non-hydrogen) atoms. The molecule has 0 aliphatic heterocycles. The minimum absolute atomic E-state index is 0.341. The summed E-state index contributed by atoms with van der Waals surface area (Å²) in [6.45, 7) is 0. The van der Waals surface area contributed by atoms with Gasteiger partial charge in [0.2, 0.25) is 0 Å². The molecule has 2 heterocycles. The fourth-order valence-electron chi connectivity index (χ4n) is 1.35. The third-order valence-corrected chi connectivity index (χ3v) is 2.51. The van der Waals surface area contributed by atoms with Gasteiger partial charge in [0.15, 0.2) is 0 Å². The molecule has 0 aromatic carbocycles. The molecule has 0 spiro atoms. The summed E-state index contributed by atoms with van der Waals surface area (Å²) in [7, 11) is 0. The number of thiocarbonyl (C=S) groups is 1. The zero-order valence-corrected chi connectivity index (χ0v) is 9.29. The highest BCUT2D eigenvalue weighted by atomic mass is 35.5. The Balaban J connectivity index is 2.59. The maximum absolute atomic E-state index is 6.02. The number of nitrogens with two attached hydrogens (primary N) is 1. The van der Waals surface area contributed by atoms with Gasteiger partial charge < -0.3 is 10.3 Å². The quantitative estimate of drug-likeness (QED) is 0.815. The van der Waals surface area contributed by atoms with E-state index in [-0.39, 0.29) is 0 Å². The molecule has 0 atom stereocenters. The van der Waals surface area contributed by atoms with Crippen LogP contribution in [0.25, 0.3) is 5.69 Å². The minimum atomic E-state index is 0.341. The molecule has 2 rings (SSSR count). The second-order valence-corrected chi connectivity index (χ2v) is 3.80. The largest absolute Gasteiger partial charge is 0.388 e. The van der Waals surface area contributed by atoms with E-state index in [9.17, 15) is 0 Å². The lowest BCUT2D eigenvalue weighted by molar-refractivity contribution is 1.05. The van der Waals surface area contributed by atoms with E-state index in [0.29, 0.717) is 10.0 Å². The summed E-state index contributed by atoms with van der Waals surface area (Å²) in [6.07, 6.45) is 5.11. The Bertz CT molecular complexity index is 507. The number of hydrogen-bond donors (Lipinski definition) is 1. The smallest absolute Gasteiger partial charge is 0.121 e. The number of rotatable bonds is 2. The predicted octanol–water partition coefficient (Wildman–Crippen LogP) is 2.16. The van der Waals surface area contributed by atoms with Crippen molar-refractivity contribution in [1.29, 1.82) is 0 Å². The molecule has 0 unspecified atom stereocenters. The third kappa shape index (κ3) is 1.86. The molecule has 2 aromatic rings. The highest BCUT2D eigenvalue weighted by Crippen LogP contribution is 2.20. The van der Waals surface area contributed by atoms with E-state index in [0.717, 1.165) is 11.4 Å². The van der Waals surface area contributed by atoms with Gasteiger partial charge >= 0.3 is 0 Å². The second-order valence-electron chi connectivity index (χ2n) is 2.95. The van der Waals surface area contributed by atoms with Crippen molar-refractivity contribution in [3.63, 3.8) is 0 Å². The Kier molecular flexibility index (Phi) is 2.70. The molecule has 0 amide bonds. The van der Waals surface area contributed by atoms with Crippen LogP contribution in [-0.2, 0) is 0 Å². The van der Waals surface area contributed by atoms with Crippen LogP contribution >= 0.6 is 23.8 Å². The van der Waals surface area contributed by atoms with E-state index in [1.807, 2.05) is 29.0 Å². The van der Waals surface area contributed by atoms with Gasteiger partial charge in [0.25, 0.3) is 0 Å². The lowest BCUT2D eigenvalue weighted by atomic mass is 10.3. The Labute approximate surface area is 97.5 Å². The van der Waals surface area contributed by atoms with Gasteiger partial charge in [-0.1, -0.05) is 23.8 Å². The molecule has 0 fully saturated rings. The van der Waals surface area contributed by atoms with Gasteiger partial charge in [-0.25, -0.2) is 0 Å². The van der Waals surface area contributed by atoms with Crippen LogP contribution in [0.5, 0.6) is 0 Å². The number of pyridine rings is 1. The van der Waals surface area contributed by atoms with Gasteiger partial charge in [0, 0.05) is 18.6 Å². The molecular weight excluding hydrogens is 230 g/mol. The summed E-state index contributed by atoms with van der Waals surface area (Å²) in [6, 6.07) is 5.52. The summed E-state index contributed by atoms with van der Waals surface area (Å²) in [5, 5.41) is 0.561. The molecule has 0 aliphatic rings. The molecule has 0 saturated carbocycles. The Morgan fingerprint density at radius 1 is 1.47 bits per heavy atom. The molecule has 5 heteroatoms. The SMILES string of the molecule is NC(=S)c1cccn1-c1ccncc1Cl. The van der Waals surface area contributed by atoms with Crippen molar-refractivity contribution < 1.29 is 0 Å². The fraction of sp³-hybridized carbons (Fsp3) is 0. The Morgan fingerprint density at radius 3 is 2.93 bits per heavy atom. The number of halogens is 1. The van der Waals surface area contributed by atoms with Crippen LogP contribution in [0.2, 0.25) is 5.02 Å². The van der Waals surface area contributed by atoms with Crippen molar-refractivity contribution in [3.8, 4) is 5.69 Å². The average molecular weight is 238 g/mol. The van der Waals surface area contributed by atoms with Crippen LogP contribution in [-0.4, -0.2) is 14.5 Å². The Hall–Kier alpha value is -1.39. The predicted molar refractivity (Wildman–Crippen MR) is 64.5 cm³/mol. The van der Waals surface area contributed by atoms with Gasteiger partial charge in [-0.05, 0) is 18.2 Å². The van der Waals surface area contributed by atoms with Crippen LogP contribution < -0.4 is 5.73 Å². The lowest BCUT2D eigenvalue weighted by Gasteiger charge is -2.08. The fourth-order valence-corrected chi connectivity index (χ4v) is 1.73. The van der Waals surface area contributed by atoms with Crippen LogP contribution in [0.4, 0.5) is 0 Å². The van der Waals surface area contributed by atoms with E-state index >= 15 is 0 Å². The lowest BCUT2D eigenvalue weighted by Crippen LogP contribution is -2.14. The first-order chi connectivity index (χ1) is 7.20. The van der Waals surface area contributed by atoms with E-state index in [1.54, 1.807) is 12.4 Å². The topological polar surface area (TPSA) is 43.8 Å². The van der Waals surface area contributed by atoms with Crippen molar-refractivity contribution in [2.24, 2.45) is 5.73 Å². The molecule has 76 valence electrons.